The van der Waals surface area contributed by atoms with E-state index in [0.717, 1.165) is 6.54 Å². The van der Waals surface area contributed by atoms with Crippen molar-refractivity contribution in [3.63, 3.8) is 0 Å². The summed E-state index contributed by atoms with van der Waals surface area (Å²) in [4.78, 5) is 0. The highest BCUT2D eigenvalue weighted by Gasteiger charge is 2.46. The molecule has 0 radical (unpaired) electrons. The SMILES string of the molecule is CCC[Si](CCC)(CCC)CCC[Si](CCC[Si](CCC)(CCC)CCC)(CCC[Si](CCC)(CCC)CCC)CCC[Si](CCCN)(CCC[Si](CCC[Si](CCC)(CCC)CCC)(CCC[Si](CCC)(CCC)CCC)CCC[Si](CCC)(CCC)CCC)CCC[Si](CCC[Si](CCC)(CCC)CCC)(CCC[Si](CCC)(CCC)CCC)CCC[Si](CCC)(CCC)CCC. The van der Waals surface area contributed by atoms with Crippen molar-refractivity contribution >= 4 is 105 Å². The van der Waals surface area contributed by atoms with Gasteiger partial charge in [-0.1, -0.05) is 752 Å². The molecule has 0 aliphatic carbocycles. The highest BCUT2D eigenvalue weighted by molar-refractivity contribution is 6.87. The summed E-state index contributed by atoms with van der Waals surface area (Å²) in [5.74, 6) is 0. The first-order chi connectivity index (χ1) is 64.7. The van der Waals surface area contributed by atoms with Crippen molar-refractivity contribution in [2.24, 2.45) is 5.73 Å². The van der Waals surface area contributed by atoms with Crippen LogP contribution in [0.25, 0.3) is 0 Å². The van der Waals surface area contributed by atoms with Gasteiger partial charge in [0, 0.05) is 0 Å². The Kier molecular flexibility index (Phi) is 83.4. The van der Waals surface area contributed by atoms with Gasteiger partial charge >= 0.3 is 0 Å². The molecule has 14 heteroatoms. The smallest absolute Gasteiger partial charge is 0.0535 e. The minimum absolute atomic E-state index is 0.953. The van der Waals surface area contributed by atoms with Crippen LogP contribution in [0.15, 0.2) is 0 Å². The predicted molar refractivity (Wildman–Crippen MR) is 672 cm³/mol. The normalized spacial score (nSPS) is 13.6. The summed E-state index contributed by atoms with van der Waals surface area (Å²) in [6.07, 6.45) is 60.2. The first-order valence-corrected chi connectivity index (χ1v) is 101. The Morgan fingerprint density at radius 3 is 0.187 bits per heavy atom. The van der Waals surface area contributed by atoms with E-state index in [0.29, 0.717) is 0 Å². The Morgan fingerprint density at radius 2 is 0.134 bits per heavy atom. The third kappa shape index (κ3) is 53.8. The first-order valence-electron chi connectivity index (χ1n) is 64.4. The third-order valence-corrected chi connectivity index (χ3v) is 116. The maximum atomic E-state index is 7.39. The van der Waals surface area contributed by atoms with Crippen molar-refractivity contribution in [2.75, 3.05) is 6.54 Å². The summed E-state index contributed by atoms with van der Waals surface area (Å²) >= 11 is 0. The van der Waals surface area contributed by atoms with Gasteiger partial charge in [0.1, 0.15) is 0 Å². The molecule has 0 aliphatic heterocycles. The van der Waals surface area contributed by atoms with Crippen LogP contribution in [-0.2, 0) is 0 Å². The van der Waals surface area contributed by atoms with Gasteiger partial charge in [-0.3, -0.25) is 0 Å². The van der Waals surface area contributed by atoms with Gasteiger partial charge in [-0.05, 0) is 13.0 Å². The molecule has 0 amide bonds. The number of rotatable bonds is 105. The topological polar surface area (TPSA) is 26.0 Å². The minimum atomic E-state index is -1.91. The van der Waals surface area contributed by atoms with Crippen LogP contribution >= 0.6 is 0 Å². The first kappa shape index (κ1) is 137. The lowest BCUT2D eigenvalue weighted by Gasteiger charge is -2.41. The van der Waals surface area contributed by atoms with Gasteiger partial charge in [-0.15, -0.1) is 0 Å². The Labute approximate surface area is 867 Å². The average Bonchev–Trinajstić information content (AvgIpc) is 0.817. The molecule has 2 N–H and O–H groups in total. The molecule has 0 aromatic rings. The zero-order chi connectivity index (χ0) is 100. The van der Waals surface area contributed by atoms with Gasteiger partial charge in [0.2, 0.25) is 0 Å². The van der Waals surface area contributed by atoms with Crippen molar-refractivity contribution in [2.45, 2.75) is 758 Å². The van der Waals surface area contributed by atoms with E-state index < -0.39 is 105 Å². The number of nitrogens with two attached hydrogens (primary N) is 1. The van der Waals surface area contributed by atoms with Crippen LogP contribution in [0, 0.1) is 0 Å². The molecular weight excluding hydrogens is 1820 g/mol. The number of hydrogen-bond donors (Lipinski definition) is 1. The Balaban J connectivity index is 10.6. The molecule has 0 saturated carbocycles. The van der Waals surface area contributed by atoms with Crippen LogP contribution in [0.2, 0.25) is 314 Å². The largest absolute Gasteiger partial charge is 0.330 e. The second-order valence-electron chi connectivity index (χ2n) is 50.9. The fourth-order valence-electron chi connectivity index (χ4n) is 34.6. The molecule has 0 aromatic carbocycles. The second kappa shape index (κ2) is 81.7. The minimum Gasteiger partial charge on any atom is -0.330 e. The van der Waals surface area contributed by atoms with Crippen molar-refractivity contribution in [1.82, 2.24) is 0 Å². The monoisotopic (exact) mass is 2090 g/mol. The fraction of sp³-hybridized carbons (Fsp3) is 1.00. The molecule has 0 aliphatic rings. The summed E-state index contributed by atoms with van der Waals surface area (Å²) in [6.45, 7) is 71.5. The summed E-state index contributed by atoms with van der Waals surface area (Å²) in [5, 5.41) is 0. The van der Waals surface area contributed by atoms with Crippen LogP contribution in [0.4, 0.5) is 0 Å². The standard InChI is InChI=1S/C120H269NSi13/c1-28-69-122(70-29-2,71-30-3)97-56-109-132(110-57-98-123(72-31-4,73-32-5)74-33-6,111-58-99-124(75-34-7,76-35-8)77-36-9)118-65-106-131(96-55-68-121,107-66-119-133(112-59-100-125(78-37-10,79-38-11)80-39-12,113-60-101-126(81-40-13,82-41-14)83-42-15)114-61-102-127(84-43-16,85-44-17)86-45-18)108-67-120-134(115-62-103-128(87-46-19,88-47-20)89-48-21,116-63-104-129(90-49-22,91-50-23)92-51-24)117-64-105-130(93-52-25,94-53-26)95-54-27/h28-121H2,1-27H3. The maximum absolute atomic E-state index is 7.39. The number of hydrogen-bond acceptors (Lipinski definition) is 1. The molecule has 0 atom stereocenters. The van der Waals surface area contributed by atoms with Crippen LogP contribution < -0.4 is 5.73 Å². The van der Waals surface area contributed by atoms with Gasteiger partial charge in [0.05, 0.1) is 105 Å². The molecule has 0 aromatic heterocycles. The van der Waals surface area contributed by atoms with Crippen molar-refractivity contribution in [3.05, 3.63) is 0 Å². The molecule has 0 fully saturated rings. The molecule has 0 rings (SSSR count). The van der Waals surface area contributed by atoms with Crippen molar-refractivity contribution in [1.29, 1.82) is 0 Å². The lowest BCUT2D eigenvalue weighted by atomic mass is 10.5. The summed E-state index contributed by atoms with van der Waals surface area (Å²) in [5.41, 5.74) is 7.39. The Bertz CT molecular complexity index is 1930. The van der Waals surface area contributed by atoms with E-state index in [1.165, 1.54) is 180 Å². The molecule has 0 heterocycles. The summed E-state index contributed by atoms with van der Waals surface area (Å²) in [7, 11) is -19.3. The van der Waals surface area contributed by atoms with Crippen LogP contribution in [0.1, 0.15) is 444 Å². The molecule has 0 bridgehead atoms. The van der Waals surface area contributed by atoms with Gasteiger partial charge in [-0.2, -0.15) is 0 Å². The molecule has 806 valence electrons. The quantitative estimate of drug-likeness (QED) is 0.0604. The maximum Gasteiger partial charge on any atom is 0.0535 e. The molecular formula is C120H269NSi13. The van der Waals surface area contributed by atoms with E-state index >= 15 is 0 Å². The van der Waals surface area contributed by atoms with Gasteiger partial charge in [0.15, 0.2) is 0 Å². The Hall–Kier alpha value is 2.78. The summed E-state index contributed by atoms with van der Waals surface area (Å²) < 4.78 is 0. The van der Waals surface area contributed by atoms with E-state index in [-0.39, 0.29) is 0 Å². The lowest BCUT2D eigenvalue weighted by molar-refractivity contribution is 0.798. The molecule has 0 spiro atoms. The van der Waals surface area contributed by atoms with E-state index in [1.54, 1.807) is 391 Å². The highest BCUT2D eigenvalue weighted by atomic mass is 28.4. The van der Waals surface area contributed by atoms with E-state index in [1.807, 2.05) is 0 Å². The predicted octanol–water partition coefficient (Wildman–Crippen LogP) is 47.9. The molecule has 1 nitrogen and oxygen atoms in total. The van der Waals surface area contributed by atoms with Crippen molar-refractivity contribution < 1.29 is 0 Å². The third-order valence-electron chi connectivity index (χ3n) is 39.0. The van der Waals surface area contributed by atoms with E-state index in [9.17, 15) is 0 Å². The van der Waals surface area contributed by atoms with E-state index in [4.69, 9.17) is 5.73 Å². The highest BCUT2D eigenvalue weighted by Crippen LogP contribution is 2.50. The van der Waals surface area contributed by atoms with Gasteiger partial charge in [0.25, 0.3) is 0 Å². The van der Waals surface area contributed by atoms with Crippen LogP contribution in [0.3, 0.4) is 0 Å². The van der Waals surface area contributed by atoms with Crippen molar-refractivity contribution in [3.8, 4) is 0 Å². The fourth-order valence-corrected chi connectivity index (χ4v) is 110. The van der Waals surface area contributed by atoms with Crippen LogP contribution in [-0.4, -0.2) is 112 Å². The van der Waals surface area contributed by atoms with Crippen LogP contribution in [0.5, 0.6) is 0 Å². The zero-order valence-electron chi connectivity index (χ0n) is 99.8. The molecule has 134 heavy (non-hydrogen) atoms. The molecule has 0 saturated heterocycles. The lowest BCUT2D eigenvalue weighted by Crippen LogP contribution is -2.42. The van der Waals surface area contributed by atoms with E-state index in [2.05, 4.69) is 187 Å². The Morgan fingerprint density at radius 1 is 0.0821 bits per heavy atom. The van der Waals surface area contributed by atoms with Gasteiger partial charge in [-0.25, -0.2) is 0 Å². The summed E-state index contributed by atoms with van der Waals surface area (Å²) in [6, 6.07) is 86.7. The average molecular weight is 2090 g/mol. The molecule has 0 unspecified atom stereocenters. The van der Waals surface area contributed by atoms with Gasteiger partial charge < -0.3 is 5.73 Å². The second-order valence-corrected chi connectivity index (χ2v) is 116. The zero-order valence-corrected chi connectivity index (χ0v) is 113.